The number of hydrogen-bond donors (Lipinski definition) is 24. The van der Waals surface area contributed by atoms with Gasteiger partial charge in [0.25, 0.3) is 0 Å². The molecule has 0 aliphatic heterocycles. The number of unbranched alkanes of at least 4 members (excludes halogenated alkanes) is 2. The van der Waals surface area contributed by atoms with Gasteiger partial charge in [0.15, 0.2) is 0 Å². The Kier molecular flexibility index (Phi) is 43.7. The van der Waals surface area contributed by atoms with Crippen molar-refractivity contribution in [1.29, 1.82) is 0 Å². The van der Waals surface area contributed by atoms with E-state index >= 15 is 0 Å². The minimum Gasteiger partial charge on any atom is -0.508 e. The van der Waals surface area contributed by atoms with Gasteiger partial charge >= 0.3 is 19.8 Å². The molecule has 0 saturated heterocycles. The van der Waals surface area contributed by atoms with E-state index in [-0.39, 0.29) is 68.0 Å². The lowest BCUT2D eigenvalue weighted by Gasteiger charge is -2.29. The monoisotopic (exact) mass is 1620 g/mol. The van der Waals surface area contributed by atoms with E-state index < -0.39 is 232 Å². The van der Waals surface area contributed by atoms with Gasteiger partial charge in [-0.05, 0) is 125 Å². The van der Waals surface area contributed by atoms with Gasteiger partial charge in [0, 0.05) is 31.4 Å². The zero-order chi connectivity index (χ0) is 84.7. The van der Waals surface area contributed by atoms with Crippen molar-refractivity contribution in [3.05, 3.63) is 59.7 Å². The molecule has 0 aliphatic rings. The van der Waals surface area contributed by atoms with Crippen molar-refractivity contribution in [2.45, 2.75) is 205 Å². The lowest BCUT2D eigenvalue weighted by Crippen LogP contribution is -2.61. The molecule has 2 rings (SSSR count). The molecular formula is C69H110N17O24PS. The van der Waals surface area contributed by atoms with Crippen molar-refractivity contribution in [2.24, 2.45) is 40.7 Å². The molecule has 0 saturated carbocycles. The number of aromatic hydroxyl groups is 2. The Bertz CT molecular complexity index is 3580. The number of hydrogen-bond acceptors (Lipinski definition) is 24. The molecule has 0 aliphatic carbocycles. The van der Waals surface area contributed by atoms with Gasteiger partial charge in [0.05, 0.1) is 31.8 Å². The number of phenolic OH excluding ortho intramolecular Hbond substituents is 2. The first kappa shape index (κ1) is 98.0. The van der Waals surface area contributed by atoms with Crippen LogP contribution in [0, 0.1) is 17.8 Å². The van der Waals surface area contributed by atoms with Crippen molar-refractivity contribution < 1.29 is 116 Å². The van der Waals surface area contributed by atoms with E-state index in [1.54, 1.807) is 27.7 Å². The van der Waals surface area contributed by atoms with E-state index in [1.165, 1.54) is 62.4 Å². The number of nitrogens with two attached hydrogens (primary N) is 4. The molecule has 14 amide bonds. The van der Waals surface area contributed by atoms with Gasteiger partial charge in [-0.1, -0.05) is 72.2 Å². The molecule has 0 radical (unpaired) electrons. The van der Waals surface area contributed by atoms with Crippen LogP contribution in [0.25, 0.3) is 0 Å². The molecule has 2 aromatic rings. The standard InChI is InChI=1S/C69H110N17O24PS/c1-8-37(6)57(86-63(99)45(14-10-12-28-71)78-59(95)43(72)23-25-50(73)89)65(101)76-31-51(90)77-46(24-26-54(93)94)60(96)74-33-53(92)84-58(38(7)110-111(107,108)109)68(104)80-47(29-39-15-19-41(87)20-16-39)61(97)75-32-52(91)83-55(35(2)3)67(103)85-56(36(4)5)66(102)81-48(30-40-17-21-42(88)22-18-40)64(100)79-44(13-9-11-27-70)62(98)82-49(34-112)69(105)106/h15-22,35-38,43-49,55-58,87-88,112H,8-14,23-34,70-72H2,1-7H3,(H2,73,89)(H,74,96)(H,75,97)(H,76,101)(H,77,90)(H,78,95)(H,79,100)(H,80,104)(H,81,102)(H,82,98)(H,83,91)(H,84,92)(H,85,103)(H,86,99)(H,93,94)(H,105,106)(H2,107,108,109)/t37-,38+,43-,44-,45-,46-,47-,48-,49-,55-,56-,57-,58-/m0/s1. The fourth-order valence-electron chi connectivity index (χ4n) is 10.7. The molecule has 112 heavy (non-hydrogen) atoms. The Morgan fingerprint density at radius 2 is 0.821 bits per heavy atom. The Hall–Kier alpha value is -10.1. The quantitative estimate of drug-likeness (QED) is 0.0167. The molecule has 0 bridgehead atoms. The summed E-state index contributed by atoms with van der Waals surface area (Å²) in [6.07, 6.45) is -2.46. The molecule has 0 fully saturated rings. The number of rotatable bonds is 53. The van der Waals surface area contributed by atoms with Crippen molar-refractivity contribution in [1.82, 2.24) is 69.1 Å². The highest BCUT2D eigenvalue weighted by atomic mass is 32.1. The third-order valence-electron chi connectivity index (χ3n) is 17.3. The highest BCUT2D eigenvalue weighted by Crippen LogP contribution is 2.38. The molecule has 27 N–H and O–H groups in total. The number of carbonyl (C=O) groups is 16. The fraction of sp³-hybridized carbons (Fsp3) is 0.594. The number of phosphoric ester groups is 1. The summed E-state index contributed by atoms with van der Waals surface area (Å²) >= 11 is 3.99. The summed E-state index contributed by atoms with van der Waals surface area (Å²) in [6.45, 7) is 7.98. The second kappa shape index (κ2) is 50.0. The number of thiol groups is 1. The van der Waals surface area contributed by atoms with Gasteiger partial charge in [-0.15, -0.1) is 0 Å². The van der Waals surface area contributed by atoms with Gasteiger partial charge in [-0.2, -0.15) is 12.6 Å². The van der Waals surface area contributed by atoms with Crippen LogP contribution in [0.15, 0.2) is 48.5 Å². The van der Waals surface area contributed by atoms with E-state index in [1.807, 2.05) is 0 Å². The van der Waals surface area contributed by atoms with Crippen molar-refractivity contribution in [2.75, 3.05) is 38.5 Å². The van der Waals surface area contributed by atoms with Crippen molar-refractivity contribution in [3.8, 4) is 11.5 Å². The first-order valence-corrected chi connectivity index (χ1v) is 38.3. The minimum absolute atomic E-state index is 0.00280. The molecule has 0 spiro atoms. The number of carboxylic acid groups (broad SMARTS) is 2. The fourth-order valence-corrected chi connectivity index (χ4v) is 11.5. The number of phenols is 2. The maximum absolute atomic E-state index is 14.3. The van der Waals surface area contributed by atoms with Crippen LogP contribution in [-0.2, 0) is 98.6 Å². The van der Waals surface area contributed by atoms with Gasteiger partial charge in [-0.25, -0.2) is 9.36 Å². The second-order valence-electron chi connectivity index (χ2n) is 27.2. The van der Waals surface area contributed by atoms with Crippen LogP contribution in [0.3, 0.4) is 0 Å². The lowest BCUT2D eigenvalue weighted by molar-refractivity contribution is -0.141. The normalized spacial score (nSPS) is 14.8. The summed E-state index contributed by atoms with van der Waals surface area (Å²) in [6, 6.07) is -5.87. The van der Waals surface area contributed by atoms with E-state index in [4.69, 9.17) is 27.5 Å². The lowest BCUT2D eigenvalue weighted by atomic mass is 9.97. The predicted octanol–water partition coefficient (Wildman–Crippen LogP) is -5.33. The molecule has 2 aromatic carbocycles. The average Bonchev–Trinajstić information content (AvgIpc) is 0.850. The maximum atomic E-state index is 14.3. The molecule has 13 atom stereocenters. The van der Waals surface area contributed by atoms with Gasteiger partial charge in [0.2, 0.25) is 82.7 Å². The number of primary amides is 1. The number of phosphoric acid groups is 1. The van der Waals surface area contributed by atoms with E-state index in [2.05, 4.69) is 81.7 Å². The van der Waals surface area contributed by atoms with Crippen LogP contribution in [0.2, 0.25) is 0 Å². The SMILES string of the molecule is CC[C@H](C)[C@H](NC(=O)[C@H](CCCCN)NC(=O)[C@@H](N)CCC(N)=O)C(=O)NCC(=O)N[C@@H](CCC(=O)O)C(=O)NCC(=O)N[C@H](C(=O)N[C@@H](Cc1ccc(O)cc1)C(=O)NCC(=O)N[C@H](C(=O)N[C@H](C(=O)N[C@@H](Cc1ccc(O)cc1)C(=O)N[C@@H](CCCCN)C(=O)N[C@@H](CS)C(=O)O)C(C)C)C(C)C)[C@@H](C)OP(=O)(O)O. The molecule has 0 heterocycles. The van der Waals surface area contributed by atoms with Crippen LogP contribution >= 0.6 is 20.5 Å². The van der Waals surface area contributed by atoms with Crippen LogP contribution < -0.4 is 92.1 Å². The first-order valence-electron chi connectivity index (χ1n) is 36.2. The molecule has 626 valence electrons. The maximum Gasteiger partial charge on any atom is 0.469 e. The largest absolute Gasteiger partial charge is 0.508 e. The molecule has 41 nitrogen and oxygen atoms in total. The van der Waals surface area contributed by atoms with Crippen LogP contribution in [-0.4, -0.2) is 236 Å². The molecule has 0 aromatic heterocycles. The van der Waals surface area contributed by atoms with E-state index in [0.29, 0.717) is 37.7 Å². The predicted molar refractivity (Wildman–Crippen MR) is 404 cm³/mol. The van der Waals surface area contributed by atoms with Crippen molar-refractivity contribution >= 4 is 115 Å². The number of carbonyl (C=O) groups excluding carboxylic acids is 14. The number of nitrogens with one attached hydrogen (secondary N) is 13. The zero-order valence-electron chi connectivity index (χ0n) is 63.4. The first-order chi connectivity index (χ1) is 52.5. The summed E-state index contributed by atoms with van der Waals surface area (Å²) in [5.41, 5.74) is 23.1. The average molecular weight is 1620 g/mol. The van der Waals surface area contributed by atoms with Gasteiger partial charge in [-0.3, -0.25) is 76.4 Å². The van der Waals surface area contributed by atoms with Gasteiger partial charge in [0.1, 0.15) is 71.9 Å². The number of benzene rings is 2. The zero-order valence-corrected chi connectivity index (χ0v) is 65.2. The third kappa shape index (κ3) is 37.3. The Morgan fingerprint density at radius 3 is 1.26 bits per heavy atom. The van der Waals surface area contributed by atoms with Gasteiger partial charge < -0.3 is 122 Å². The summed E-state index contributed by atoms with van der Waals surface area (Å²) in [4.78, 5) is 234. The topological polar surface area (TPSA) is 681 Å². The number of carboxylic acids is 2. The van der Waals surface area contributed by atoms with Crippen LogP contribution in [0.4, 0.5) is 0 Å². The highest BCUT2D eigenvalue weighted by molar-refractivity contribution is 7.80. The Labute approximate surface area is 652 Å². The molecular weight excluding hydrogens is 1510 g/mol. The van der Waals surface area contributed by atoms with Crippen LogP contribution in [0.1, 0.15) is 130 Å². The smallest absolute Gasteiger partial charge is 0.469 e. The summed E-state index contributed by atoms with van der Waals surface area (Å²) < 4.78 is 16.9. The van der Waals surface area contributed by atoms with E-state index in [0.717, 1.165) is 6.92 Å². The summed E-state index contributed by atoms with van der Waals surface area (Å²) in [7, 11) is -5.52. The van der Waals surface area contributed by atoms with E-state index in [9.17, 15) is 111 Å². The Morgan fingerprint density at radius 1 is 0.446 bits per heavy atom. The summed E-state index contributed by atoms with van der Waals surface area (Å²) in [5.74, 6) is -19.4. The third-order valence-corrected chi connectivity index (χ3v) is 18.2. The molecule has 0 unspecified atom stereocenters. The second-order valence-corrected chi connectivity index (χ2v) is 28.7. The minimum atomic E-state index is -5.52. The number of aliphatic carboxylic acids is 2. The highest BCUT2D eigenvalue weighted by Gasteiger charge is 2.39. The Balaban J connectivity index is 2.39. The number of amides is 14. The summed E-state index contributed by atoms with van der Waals surface area (Å²) in [5, 5.41) is 70.3. The van der Waals surface area contributed by atoms with Crippen molar-refractivity contribution in [3.63, 3.8) is 0 Å². The van der Waals surface area contributed by atoms with Crippen LogP contribution in [0.5, 0.6) is 11.5 Å². The molecule has 43 heteroatoms.